The number of alkyl halides is 3. The number of furan rings is 1. The minimum Gasteiger partial charge on any atom is -0.461 e. The summed E-state index contributed by atoms with van der Waals surface area (Å²) in [6.45, 7) is 7.46. The third-order valence-corrected chi connectivity index (χ3v) is 8.49. The van der Waals surface area contributed by atoms with Gasteiger partial charge in [0.05, 0.1) is 23.3 Å². The van der Waals surface area contributed by atoms with Crippen molar-refractivity contribution in [1.29, 1.82) is 0 Å². The van der Waals surface area contributed by atoms with Gasteiger partial charge in [-0.25, -0.2) is 4.98 Å². The minimum absolute atomic E-state index is 0.101. The summed E-state index contributed by atoms with van der Waals surface area (Å²) in [4.78, 5) is 19.8. The maximum absolute atomic E-state index is 13.4. The summed E-state index contributed by atoms with van der Waals surface area (Å²) in [6, 6.07) is 8.42. The van der Waals surface area contributed by atoms with E-state index in [9.17, 15) is 18.0 Å². The van der Waals surface area contributed by atoms with Crippen molar-refractivity contribution in [3.63, 3.8) is 0 Å². The van der Waals surface area contributed by atoms with Gasteiger partial charge in [0, 0.05) is 12.6 Å². The predicted molar refractivity (Wildman–Crippen MR) is 141 cm³/mol. The molecule has 6 rings (SSSR count). The third-order valence-electron chi connectivity index (χ3n) is 7.58. The molecule has 1 amide bonds. The first-order valence-electron chi connectivity index (χ1n) is 13.0. The molecule has 8 nitrogen and oxygen atoms in total. The molecule has 1 saturated carbocycles. The monoisotopic (exact) mass is 571 g/mol. The van der Waals surface area contributed by atoms with E-state index < -0.39 is 11.7 Å². The highest BCUT2D eigenvalue weighted by Crippen LogP contribution is 2.52. The number of rotatable bonds is 6. The Morgan fingerprint density at radius 1 is 1.12 bits per heavy atom. The molecule has 2 atom stereocenters. The van der Waals surface area contributed by atoms with E-state index in [1.807, 2.05) is 4.90 Å². The topological polar surface area (TPSA) is 90.2 Å². The van der Waals surface area contributed by atoms with Crippen molar-refractivity contribution >= 4 is 17.7 Å². The number of carbonyl (C=O) groups excluding carboxylic acids is 1. The number of halogens is 3. The van der Waals surface area contributed by atoms with Gasteiger partial charge in [0.15, 0.2) is 16.6 Å². The number of likely N-dealkylation sites (tertiary alicyclic amines) is 1. The second kappa shape index (κ2) is 9.53. The Morgan fingerprint density at radius 2 is 1.95 bits per heavy atom. The number of thioether (sulfide) groups is 1. The second-order valence-corrected chi connectivity index (χ2v) is 12.7. The summed E-state index contributed by atoms with van der Waals surface area (Å²) >= 11 is 1.18. The molecule has 0 N–H and O–H groups in total. The van der Waals surface area contributed by atoms with Gasteiger partial charge in [-0.3, -0.25) is 9.36 Å². The van der Waals surface area contributed by atoms with Crippen LogP contribution in [-0.2, 0) is 11.9 Å². The zero-order valence-corrected chi connectivity index (χ0v) is 23.1. The van der Waals surface area contributed by atoms with Gasteiger partial charge < -0.3 is 13.7 Å². The van der Waals surface area contributed by atoms with Crippen molar-refractivity contribution in [2.45, 2.75) is 63.2 Å². The number of benzene rings is 1. The lowest BCUT2D eigenvalue weighted by Crippen LogP contribution is -2.37. The average Bonchev–Trinajstić information content (AvgIpc) is 3.67. The zero-order chi connectivity index (χ0) is 28.3. The van der Waals surface area contributed by atoms with Crippen molar-refractivity contribution < 1.29 is 26.8 Å². The van der Waals surface area contributed by atoms with Gasteiger partial charge >= 0.3 is 6.18 Å². The molecular weight excluding hydrogens is 543 g/mol. The smallest absolute Gasteiger partial charge is 0.416 e. The van der Waals surface area contributed by atoms with Crippen LogP contribution in [0.15, 0.2) is 62.9 Å². The molecular formula is C28H28F3N5O3S. The number of carbonyl (C=O) groups is 1. The lowest BCUT2D eigenvalue weighted by atomic mass is 9.65. The molecule has 4 heterocycles. The number of fused-ring (bicyclic) bond motifs is 2. The Bertz CT molecular complexity index is 1540. The molecule has 4 aromatic rings. The summed E-state index contributed by atoms with van der Waals surface area (Å²) < 4.78 is 52.9. The molecule has 3 aromatic heterocycles. The van der Waals surface area contributed by atoms with Crippen LogP contribution < -0.4 is 0 Å². The van der Waals surface area contributed by atoms with Gasteiger partial charge in [-0.15, -0.1) is 10.2 Å². The standard InChI is InChI=1S/C28H28F3N5O3S/c1-26(2)11-19-12-27(3,15-26)16-35(19)24(37)20-13-39-22(32-20)14-40-25-34-33-23(21-8-5-9-38-21)36(25)18-7-4-6-17(10-18)28(29,30)31/h4-10,13,19H,11-12,14-16H2,1-3H3. The van der Waals surface area contributed by atoms with Crippen LogP contribution in [0, 0.1) is 10.8 Å². The minimum atomic E-state index is -4.51. The zero-order valence-electron chi connectivity index (χ0n) is 22.2. The number of aromatic nitrogens is 4. The van der Waals surface area contributed by atoms with Crippen LogP contribution in [0.5, 0.6) is 0 Å². The van der Waals surface area contributed by atoms with Crippen LogP contribution in [0.4, 0.5) is 13.2 Å². The second-order valence-electron chi connectivity index (χ2n) is 11.7. The SMILES string of the molecule is CC1(C)CC2CC(C)(CN2C(=O)c2coc(CSc3nnc(-c4ccco4)n3-c3cccc(C(F)(F)F)c3)n2)C1. The van der Waals surface area contributed by atoms with Gasteiger partial charge in [0.1, 0.15) is 6.26 Å². The van der Waals surface area contributed by atoms with Gasteiger partial charge in [0.25, 0.3) is 5.91 Å². The predicted octanol–water partition coefficient (Wildman–Crippen LogP) is 6.87. The fraction of sp³-hybridized carbons (Fsp3) is 0.429. The Morgan fingerprint density at radius 3 is 2.70 bits per heavy atom. The average molecular weight is 572 g/mol. The Hall–Kier alpha value is -3.54. The molecule has 12 heteroatoms. The summed E-state index contributed by atoms with van der Waals surface area (Å²) in [5, 5.41) is 8.71. The third kappa shape index (κ3) is 5.04. The summed E-state index contributed by atoms with van der Waals surface area (Å²) in [7, 11) is 0. The summed E-state index contributed by atoms with van der Waals surface area (Å²) in [5.74, 6) is 0.968. The largest absolute Gasteiger partial charge is 0.461 e. The maximum Gasteiger partial charge on any atom is 0.416 e. The lowest BCUT2D eigenvalue weighted by molar-refractivity contribution is -0.137. The highest BCUT2D eigenvalue weighted by molar-refractivity contribution is 7.98. The molecule has 40 heavy (non-hydrogen) atoms. The first-order chi connectivity index (χ1) is 18.9. The molecule has 2 bridgehead atoms. The molecule has 210 valence electrons. The molecule has 2 aliphatic rings. The molecule has 1 aliphatic carbocycles. The van der Waals surface area contributed by atoms with E-state index in [0.29, 0.717) is 23.4 Å². The van der Waals surface area contributed by atoms with Gasteiger partial charge in [0.2, 0.25) is 11.7 Å². The van der Waals surface area contributed by atoms with Gasteiger partial charge in [-0.05, 0) is 60.4 Å². The first kappa shape index (κ1) is 26.7. The Kier molecular flexibility index (Phi) is 6.36. The fourth-order valence-electron chi connectivity index (χ4n) is 6.43. The summed E-state index contributed by atoms with van der Waals surface area (Å²) in [6.07, 6.45) is 1.34. The van der Waals surface area contributed by atoms with E-state index in [-0.39, 0.29) is 45.7 Å². The lowest BCUT2D eigenvalue weighted by Gasteiger charge is -2.39. The van der Waals surface area contributed by atoms with Crippen LogP contribution in [0.25, 0.3) is 17.3 Å². The van der Waals surface area contributed by atoms with Crippen LogP contribution in [0.1, 0.15) is 62.0 Å². The first-order valence-corrected chi connectivity index (χ1v) is 13.9. The normalized spacial score (nSPS) is 22.1. The van der Waals surface area contributed by atoms with Gasteiger partial charge in [-0.2, -0.15) is 13.2 Å². The van der Waals surface area contributed by atoms with E-state index in [1.165, 1.54) is 34.9 Å². The van der Waals surface area contributed by atoms with Crippen molar-refractivity contribution in [3.05, 3.63) is 66.1 Å². The maximum atomic E-state index is 13.4. The number of amides is 1. The van der Waals surface area contributed by atoms with Crippen LogP contribution in [-0.4, -0.2) is 43.1 Å². The van der Waals surface area contributed by atoms with Crippen molar-refractivity contribution in [2.24, 2.45) is 10.8 Å². The number of oxazole rings is 1. The van der Waals surface area contributed by atoms with Crippen LogP contribution in [0.3, 0.4) is 0 Å². The molecule has 2 fully saturated rings. The summed E-state index contributed by atoms with van der Waals surface area (Å²) in [5.41, 5.74) is -0.0280. The van der Waals surface area contributed by atoms with Crippen molar-refractivity contribution in [1.82, 2.24) is 24.6 Å². The van der Waals surface area contributed by atoms with E-state index in [2.05, 4.69) is 36.0 Å². The van der Waals surface area contributed by atoms with E-state index >= 15 is 0 Å². The van der Waals surface area contributed by atoms with Gasteiger partial charge in [-0.1, -0.05) is 38.6 Å². The van der Waals surface area contributed by atoms with E-state index in [4.69, 9.17) is 8.83 Å². The van der Waals surface area contributed by atoms with Crippen molar-refractivity contribution in [3.8, 4) is 17.3 Å². The molecule has 1 aliphatic heterocycles. The molecule has 0 radical (unpaired) electrons. The Labute approximate surface area is 233 Å². The highest BCUT2D eigenvalue weighted by Gasteiger charge is 2.51. The molecule has 0 spiro atoms. The van der Waals surface area contributed by atoms with E-state index in [0.717, 1.165) is 31.4 Å². The molecule has 1 saturated heterocycles. The van der Waals surface area contributed by atoms with Crippen LogP contribution in [0.2, 0.25) is 0 Å². The van der Waals surface area contributed by atoms with E-state index in [1.54, 1.807) is 18.2 Å². The quantitative estimate of drug-likeness (QED) is 0.233. The highest BCUT2D eigenvalue weighted by atomic mass is 32.2. The van der Waals surface area contributed by atoms with Crippen LogP contribution >= 0.6 is 11.8 Å². The molecule has 1 aromatic carbocycles. The number of hydrogen-bond acceptors (Lipinski definition) is 7. The number of hydrogen-bond donors (Lipinski definition) is 0. The van der Waals surface area contributed by atoms with Crippen molar-refractivity contribution in [2.75, 3.05) is 6.54 Å². The molecule has 2 unspecified atom stereocenters. The Balaban J connectivity index is 1.23. The fourth-order valence-corrected chi connectivity index (χ4v) is 7.23. The number of nitrogens with zero attached hydrogens (tertiary/aromatic N) is 5.